The highest BCUT2D eigenvalue weighted by atomic mass is 16.6. The molecule has 88 valence electrons. The van der Waals surface area contributed by atoms with Gasteiger partial charge < -0.3 is 15.2 Å². The van der Waals surface area contributed by atoms with Crippen LogP contribution >= 0.6 is 0 Å². The quantitative estimate of drug-likeness (QED) is 0.604. The summed E-state index contributed by atoms with van der Waals surface area (Å²) in [7, 11) is 0. The molecule has 0 amide bonds. The van der Waals surface area contributed by atoms with Crippen molar-refractivity contribution in [1.29, 1.82) is 0 Å². The molecule has 0 bridgehead atoms. The highest BCUT2D eigenvalue weighted by Crippen LogP contribution is 2.08. The molecule has 0 fully saturated rings. The molecule has 0 heterocycles. The van der Waals surface area contributed by atoms with Crippen LogP contribution in [0.15, 0.2) is 30.3 Å². The molecule has 1 rings (SSSR count). The molecule has 16 heavy (non-hydrogen) atoms. The lowest BCUT2D eigenvalue weighted by atomic mass is 10.1. The van der Waals surface area contributed by atoms with Crippen molar-refractivity contribution < 1.29 is 14.3 Å². The van der Waals surface area contributed by atoms with Crippen molar-refractivity contribution >= 4 is 5.97 Å². The molecule has 0 unspecified atom stereocenters. The number of benzene rings is 1. The van der Waals surface area contributed by atoms with Crippen LogP contribution in [0, 0.1) is 0 Å². The van der Waals surface area contributed by atoms with E-state index >= 15 is 0 Å². The second kappa shape index (κ2) is 5.51. The van der Waals surface area contributed by atoms with Crippen molar-refractivity contribution in [2.45, 2.75) is 19.4 Å². The zero-order chi connectivity index (χ0) is 12.0. The Balaban J connectivity index is 2.20. The van der Waals surface area contributed by atoms with Gasteiger partial charge in [-0.15, -0.1) is 0 Å². The minimum atomic E-state index is -0.952. The van der Waals surface area contributed by atoms with Crippen molar-refractivity contribution in [2.24, 2.45) is 5.73 Å². The van der Waals surface area contributed by atoms with Gasteiger partial charge in [0.1, 0.15) is 24.5 Å². The summed E-state index contributed by atoms with van der Waals surface area (Å²) in [6, 6.07) is 9.35. The summed E-state index contributed by atoms with van der Waals surface area (Å²) in [6.07, 6.45) is 0. The fourth-order valence-corrected chi connectivity index (χ4v) is 0.997. The van der Waals surface area contributed by atoms with Crippen LogP contribution in [0.5, 0.6) is 5.75 Å². The van der Waals surface area contributed by atoms with Crippen LogP contribution < -0.4 is 10.5 Å². The normalized spacial score (nSPS) is 10.9. The standard InChI is InChI=1S/C12H17NO3/c1-12(2,13)11(14)16-9-8-15-10-6-4-3-5-7-10/h3-7H,8-9,13H2,1-2H3. The first kappa shape index (κ1) is 12.5. The Kier molecular flexibility index (Phi) is 4.31. The van der Waals surface area contributed by atoms with E-state index in [9.17, 15) is 4.79 Å². The van der Waals surface area contributed by atoms with Crippen molar-refractivity contribution in [1.82, 2.24) is 0 Å². The van der Waals surface area contributed by atoms with Crippen molar-refractivity contribution in [3.63, 3.8) is 0 Å². The number of carbonyl (C=O) groups is 1. The second-order valence-electron chi connectivity index (χ2n) is 4.02. The zero-order valence-corrected chi connectivity index (χ0v) is 9.60. The molecular weight excluding hydrogens is 206 g/mol. The Hall–Kier alpha value is -1.55. The highest BCUT2D eigenvalue weighted by molar-refractivity contribution is 5.79. The third-order valence-electron chi connectivity index (χ3n) is 1.85. The third kappa shape index (κ3) is 4.31. The lowest BCUT2D eigenvalue weighted by molar-refractivity contribution is -0.149. The van der Waals surface area contributed by atoms with E-state index in [1.807, 2.05) is 30.3 Å². The number of hydrogen-bond acceptors (Lipinski definition) is 4. The van der Waals surface area contributed by atoms with E-state index in [2.05, 4.69) is 0 Å². The zero-order valence-electron chi connectivity index (χ0n) is 9.60. The summed E-state index contributed by atoms with van der Waals surface area (Å²) in [4.78, 5) is 11.3. The average Bonchev–Trinajstić information content (AvgIpc) is 2.24. The summed E-state index contributed by atoms with van der Waals surface area (Å²) < 4.78 is 10.3. The molecule has 0 spiro atoms. The summed E-state index contributed by atoms with van der Waals surface area (Å²) >= 11 is 0. The van der Waals surface area contributed by atoms with Gasteiger partial charge in [-0.05, 0) is 26.0 Å². The van der Waals surface area contributed by atoms with Gasteiger partial charge in [0.25, 0.3) is 0 Å². The Morgan fingerprint density at radius 1 is 1.25 bits per heavy atom. The molecule has 2 N–H and O–H groups in total. The Bertz CT molecular complexity index is 330. The molecule has 1 aromatic rings. The molecule has 0 radical (unpaired) electrons. The molecule has 0 atom stereocenters. The summed E-state index contributed by atoms with van der Waals surface area (Å²) in [5.41, 5.74) is 4.61. The van der Waals surface area contributed by atoms with Crippen molar-refractivity contribution in [2.75, 3.05) is 13.2 Å². The van der Waals surface area contributed by atoms with Gasteiger partial charge in [-0.3, -0.25) is 4.79 Å². The SMILES string of the molecule is CC(C)(N)C(=O)OCCOc1ccccc1. The van der Waals surface area contributed by atoms with Gasteiger partial charge in [0.15, 0.2) is 0 Å². The van der Waals surface area contributed by atoms with E-state index in [1.165, 1.54) is 0 Å². The topological polar surface area (TPSA) is 61.6 Å². The summed E-state index contributed by atoms with van der Waals surface area (Å²) in [6.45, 7) is 3.74. The van der Waals surface area contributed by atoms with Crippen LogP contribution in [0.25, 0.3) is 0 Å². The number of hydrogen-bond donors (Lipinski definition) is 1. The predicted octanol–water partition coefficient (Wildman–Crippen LogP) is 1.35. The number of para-hydroxylation sites is 1. The molecule has 4 heteroatoms. The molecule has 0 aliphatic heterocycles. The Morgan fingerprint density at radius 3 is 2.44 bits per heavy atom. The molecule has 0 aromatic heterocycles. The predicted molar refractivity (Wildman–Crippen MR) is 61.2 cm³/mol. The Labute approximate surface area is 95.3 Å². The number of nitrogens with two attached hydrogens (primary N) is 1. The van der Waals surface area contributed by atoms with E-state index in [0.29, 0.717) is 6.61 Å². The Morgan fingerprint density at radius 2 is 1.88 bits per heavy atom. The van der Waals surface area contributed by atoms with E-state index in [4.69, 9.17) is 15.2 Å². The van der Waals surface area contributed by atoms with Gasteiger partial charge in [-0.2, -0.15) is 0 Å². The van der Waals surface area contributed by atoms with Crippen LogP contribution in [0.4, 0.5) is 0 Å². The average molecular weight is 223 g/mol. The molecule has 1 aromatic carbocycles. The maximum Gasteiger partial charge on any atom is 0.325 e. The van der Waals surface area contributed by atoms with Gasteiger partial charge in [-0.1, -0.05) is 18.2 Å². The first-order valence-corrected chi connectivity index (χ1v) is 5.14. The van der Waals surface area contributed by atoms with Gasteiger partial charge in [0, 0.05) is 0 Å². The van der Waals surface area contributed by atoms with Crippen LogP contribution in [-0.2, 0) is 9.53 Å². The lowest BCUT2D eigenvalue weighted by Crippen LogP contribution is -2.43. The maximum atomic E-state index is 11.3. The van der Waals surface area contributed by atoms with Crippen molar-refractivity contribution in [3.05, 3.63) is 30.3 Å². The molecule has 0 aliphatic carbocycles. The van der Waals surface area contributed by atoms with Gasteiger partial charge >= 0.3 is 5.97 Å². The van der Waals surface area contributed by atoms with E-state index in [0.717, 1.165) is 5.75 Å². The maximum absolute atomic E-state index is 11.3. The van der Waals surface area contributed by atoms with Crippen molar-refractivity contribution in [3.8, 4) is 5.75 Å². The van der Waals surface area contributed by atoms with Gasteiger partial charge in [-0.25, -0.2) is 0 Å². The van der Waals surface area contributed by atoms with Crippen LogP contribution in [0.1, 0.15) is 13.8 Å². The first-order valence-electron chi connectivity index (χ1n) is 5.14. The molecular formula is C12H17NO3. The minimum absolute atomic E-state index is 0.203. The van der Waals surface area contributed by atoms with Crippen LogP contribution in [-0.4, -0.2) is 24.7 Å². The van der Waals surface area contributed by atoms with E-state index in [1.54, 1.807) is 13.8 Å². The van der Waals surface area contributed by atoms with Crippen LogP contribution in [0.2, 0.25) is 0 Å². The number of esters is 1. The van der Waals surface area contributed by atoms with Gasteiger partial charge in [0.2, 0.25) is 0 Å². The van der Waals surface area contributed by atoms with E-state index in [-0.39, 0.29) is 6.61 Å². The summed E-state index contributed by atoms with van der Waals surface area (Å²) in [5, 5.41) is 0. The minimum Gasteiger partial charge on any atom is -0.490 e. The summed E-state index contributed by atoms with van der Waals surface area (Å²) in [5.74, 6) is 0.328. The highest BCUT2D eigenvalue weighted by Gasteiger charge is 2.23. The van der Waals surface area contributed by atoms with Crippen LogP contribution in [0.3, 0.4) is 0 Å². The lowest BCUT2D eigenvalue weighted by Gasteiger charge is -2.16. The number of ether oxygens (including phenoxy) is 2. The smallest absolute Gasteiger partial charge is 0.325 e. The second-order valence-corrected chi connectivity index (χ2v) is 4.02. The fourth-order valence-electron chi connectivity index (χ4n) is 0.997. The first-order chi connectivity index (χ1) is 7.50. The molecule has 0 saturated carbocycles. The number of carbonyl (C=O) groups excluding carboxylic acids is 1. The largest absolute Gasteiger partial charge is 0.490 e. The number of rotatable bonds is 5. The van der Waals surface area contributed by atoms with Gasteiger partial charge in [0.05, 0.1) is 0 Å². The molecule has 0 saturated heterocycles. The molecule has 0 aliphatic rings. The third-order valence-corrected chi connectivity index (χ3v) is 1.85. The fraction of sp³-hybridized carbons (Fsp3) is 0.417. The van der Waals surface area contributed by atoms with E-state index < -0.39 is 11.5 Å². The monoisotopic (exact) mass is 223 g/mol. The molecule has 4 nitrogen and oxygen atoms in total.